The molecule has 0 spiro atoms. The van der Waals surface area contributed by atoms with Gasteiger partial charge >= 0.3 is 0 Å². The quantitative estimate of drug-likeness (QED) is 0.817. The Labute approximate surface area is 91.5 Å². The molecule has 1 aromatic rings. The summed E-state index contributed by atoms with van der Waals surface area (Å²) in [7, 11) is 0. The Morgan fingerprint density at radius 3 is 2.13 bits per heavy atom. The lowest BCUT2D eigenvalue weighted by Gasteiger charge is -2.26. The van der Waals surface area contributed by atoms with Crippen LogP contribution in [0.3, 0.4) is 0 Å². The Kier molecular flexibility index (Phi) is 3.75. The lowest BCUT2D eigenvalue weighted by atomic mass is 10.1. The van der Waals surface area contributed by atoms with Crippen molar-refractivity contribution in [1.82, 2.24) is 4.90 Å². The van der Waals surface area contributed by atoms with Crippen molar-refractivity contribution < 1.29 is 5.11 Å². The Bertz CT molecular complexity index is 288. The molecule has 2 rings (SSSR count). The maximum atomic E-state index is 8.94. The van der Waals surface area contributed by atoms with E-state index in [0.717, 1.165) is 12.1 Å². The molecule has 1 heterocycles. The monoisotopic (exact) mass is 205 g/mol. The van der Waals surface area contributed by atoms with Gasteiger partial charge < -0.3 is 5.11 Å². The fourth-order valence-electron chi connectivity index (χ4n) is 2.13. The van der Waals surface area contributed by atoms with Crippen LogP contribution in [0.4, 0.5) is 0 Å². The first-order chi connectivity index (χ1) is 7.38. The second-order valence-electron chi connectivity index (χ2n) is 4.31. The largest absolute Gasteiger partial charge is 0.392 e. The number of aliphatic hydroxyl groups excluding tert-OH is 1. The molecule has 1 aromatic carbocycles. The van der Waals surface area contributed by atoms with E-state index >= 15 is 0 Å². The van der Waals surface area contributed by atoms with Crippen LogP contribution < -0.4 is 0 Å². The summed E-state index contributed by atoms with van der Waals surface area (Å²) in [6.07, 6.45) is 4.07. The van der Waals surface area contributed by atoms with Gasteiger partial charge in [-0.3, -0.25) is 4.90 Å². The molecular weight excluding hydrogens is 186 g/mol. The number of likely N-dealkylation sites (tertiary alicyclic amines) is 1. The van der Waals surface area contributed by atoms with Gasteiger partial charge in [-0.1, -0.05) is 30.7 Å². The lowest BCUT2D eigenvalue weighted by molar-refractivity contribution is 0.221. The lowest BCUT2D eigenvalue weighted by Crippen LogP contribution is -2.29. The molecule has 2 heteroatoms. The average Bonchev–Trinajstić information content (AvgIpc) is 2.31. The van der Waals surface area contributed by atoms with E-state index in [1.165, 1.54) is 37.9 Å². The third-order valence-electron chi connectivity index (χ3n) is 3.06. The van der Waals surface area contributed by atoms with Crippen molar-refractivity contribution in [3.8, 4) is 0 Å². The molecule has 0 aliphatic carbocycles. The first-order valence-corrected chi connectivity index (χ1v) is 5.79. The van der Waals surface area contributed by atoms with E-state index in [-0.39, 0.29) is 6.61 Å². The molecule has 1 fully saturated rings. The van der Waals surface area contributed by atoms with Gasteiger partial charge in [0, 0.05) is 6.54 Å². The number of aliphatic hydroxyl groups is 1. The highest BCUT2D eigenvalue weighted by molar-refractivity contribution is 5.21. The summed E-state index contributed by atoms with van der Waals surface area (Å²) in [6, 6.07) is 8.28. The van der Waals surface area contributed by atoms with E-state index in [4.69, 9.17) is 5.11 Å². The van der Waals surface area contributed by atoms with Crippen molar-refractivity contribution in [3.05, 3.63) is 35.4 Å². The van der Waals surface area contributed by atoms with Gasteiger partial charge in [0.25, 0.3) is 0 Å². The van der Waals surface area contributed by atoms with Crippen LogP contribution in [0.5, 0.6) is 0 Å². The molecule has 0 atom stereocenters. The highest BCUT2D eigenvalue weighted by Gasteiger charge is 2.09. The predicted octanol–water partition coefficient (Wildman–Crippen LogP) is 2.16. The molecule has 1 N–H and O–H groups in total. The Morgan fingerprint density at radius 2 is 1.53 bits per heavy atom. The molecule has 1 aliphatic heterocycles. The van der Waals surface area contributed by atoms with Crippen LogP contribution in [0, 0.1) is 0 Å². The topological polar surface area (TPSA) is 23.5 Å². The highest BCUT2D eigenvalue weighted by Crippen LogP contribution is 2.13. The summed E-state index contributed by atoms with van der Waals surface area (Å²) in [5.74, 6) is 0. The summed E-state index contributed by atoms with van der Waals surface area (Å²) in [5, 5.41) is 8.94. The number of hydrogen-bond acceptors (Lipinski definition) is 2. The van der Waals surface area contributed by atoms with Crippen molar-refractivity contribution in [3.63, 3.8) is 0 Å². The minimum absolute atomic E-state index is 0.143. The zero-order valence-electron chi connectivity index (χ0n) is 9.15. The van der Waals surface area contributed by atoms with Gasteiger partial charge in [-0.05, 0) is 37.1 Å². The van der Waals surface area contributed by atoms with E-state index in [0.29, 0.717) is 0 Å². The molecular formula is C13H19NO. The van der Waals surface area contributed by atoms with Gasteiger partial charge in [0.1, 0.15) is 0 Å². The van der Waals surface area contributed by atoms with Gasteiger partial charge in [0.05, 0.1) is 6.61 Å². The summed E-state index contributed by atoms with van der Waals surface area (Å²) >= 11 is 0. The van der Waals surface area contributed by atoms with E-state index in [2.05, 4.69) is 17.0 Å². The molecule has 0 radical (unpaired) electrons. The van der Waals surface area contributed by atoms with Crippen LogP contribution in [0.2, 0.25) is 0 Å². The number of nitrogens with zero attached hydrogens (tertiary/aromatic N) is 1. The molecule has 1 aliphatic rings. The summed E-state index contributed by atoms with van der Waals surface area (Å²) in [4.78, 5) is 2.51. The van der Waals surface area contributed by atoms with E-state index in [9.17, 15) is 0 Å². The van der Waals surface area contributed by atoms with Gasteiger partial charge in [-0.2, -0.15) is 0 Å². The molecule has 15 heavy (non-hydrogen) atoms. The normalized spacial score (nSPS) is 17.9. The second-order valence-corrected chi connectivity index (χ2v) is 4.31. The Balaban J connectivity index is 1.91. The maximum Gasteiger partial charge on any atom is 0.0681 e. The third-order valence-corrected chi connectivity index (χ3v) is 3.06. The van der Waals surface area contributed by atoms with Crippen LogP contribution in [0.25, 0.3) is 0 Å². The zero-order valence-corrected chi connectivity index (χ0v) is 9.15. The van der Waals surface area contributed by atoms with Gasteiger partial charge in [-0.25, -0.2) is 0 Å². The Hall–Kier alpha value is -0.860. The van der Waals surface area contributed by atoms with Crippen LogP contribution in [0.1, 0.15) is 30.4 Å². The van der Waals surface area contributed by atoms with Gasteiger partial charge in [0.15, 0.2) is 0 Å². The first kappa shape index (κ1) is 10.7. The number of hydrogen-bond donors (Lipinski definition) is 1. The molecule has 0 bridgehead atoms. The summed E-state index contributed by atoms with van der Waals surface area (Å²) < 4.78 is 0. The van der Waals surface area contributed by atoms with Crippen LogP contribution in [-0.2, 0) is 13.2 Å². The number of rotatable bonds is 3. The standard InChI is InChI=1S/C13H19NO/c15-11-13-6-4-12(5-7-13)10-14-8-2-1-3-9-14/h4-7,15H,1-3,8-11H2. The number of benzene rings is 1. The Morgan fingerprint density at radius 1 is 0.933 bits per heavy atom. The highest BCUT2D eigenvalue weighted by atomic mass is 16.3. The zero-order chi connectivity index (χ0) is 10.5. The van der Waals surface area contributed by atoms with Crippen LogP contribution in [-0.4, -0.2) is 23.1 Å². The minimum atomic E-state index is 0.143. The van der Waals surface area contributed by atoms with Crippen molar-refractivity contribution in [2.24, 2.45) is 0 Å². The fourth-order valence-corrected chi connectivity index (χ4v) is 2.13. The van der Waals surface area contributed by atoms with Crippen molar-refractivity contribution >= 4 is 0 Å². The number of piperidine rings is 1. The molecule has 82 valence electrons. The van der Waals surface area contributed by atoms with E-state index in [1.807, 2.05) is 12.1 Å². The minimum Gasteiger partial charge on any atom is -0.392 e. The van der Waals surface area contributed by atoms with E-state index < -0.39 is 0 Å². The van der Waals surface area contributed by atoms with Crippen LogP contribution in [0.15, 0.2) is 24.3 Å². The van der Waals surface area contributed by atoms with Crippen molar-refractivity contribution in [2.45, 2.75) is 32.4 Å². The predicted molar refractivity (Wildman–Crippen MR) is 61.5 cm³/mol. The van der Waals surface area contributed by atoms with Crippen molar-refractivity contribution in [2.75, 3.05) is 13.1 Å². The molecule has 0 aromatic heterocycles. The summed E-state index contributed by atoms with van der Waals surface area (Å²) in [6.45, 7) is 3.68. The second kappa shape index (κ2) is 5.29. The molecule has 0 amide bonds. The molecule has 0 saturated carbocycles. The fraction of sp³-hybridized carbons (Fsp3) is 0.538. The molecule has 0 unspecified atom stereocenters. The maximum absolute atomic E-state index is 8.94. The summed E-state index contributed by atoms with van der Waals surface area (Å²) in [5.41, 5.74) is 2.35. The average molecular weight is 205 g/mol. The molecule has 1 saturated heterocycles. The SMILES string of the molecule is OCc1ccc(CN2CCCCC2)cc1. The van der Waals surface area contributed by atoms with Crippen LogP contribution >= 0.6 is 0 Å². The third kappa shape index (κ3) is 3.05. The first-order valence-electron chi connectivity index (χ1n) is 5.79. The smallest absolute Gasteiger partial charge is 0.0681 e. The van der Waals surface area contributed by atoms with Gasteiger partial charge in [0.2, 0.25) is 0 Å². The van der Waals surface area contributed by atoms with E-state index in [1.54, 1.807) is 0 Å². The van der Waals surface area contributed by atoms with Gasteiger partial charge in [-0.15, -0.1) is 0 Å². The van der Waals surface area contributed by atoms with Crippen molar-refractivity contribution in [1.29, 1.82) is 0 Å². The molecule has 2 nitrogen and oxygen atoms in total.